The number of carbonyl (C=O) groups excluding carboxylic acids is 3. The van der Waals surface area contributed by atoms with Crippen molar-refractivity contribution in [1.82, 2.24) is 10.3 Å². The fraction of sp³-hybridized carbons (Fsp3) is 0.200. The van der Waals surface area contributed by atoms with E-state index in [0.717, 1.165) is 21.3 Å². The Labute approximate surface area is 160 Å². The smallest absolute Gasteiger partial charge is 0.227 e. The van der Waals surface area contributed by atoms with Crippen LogP contribution in [0.1, 0.15) is 17.8 Å². The number of hydrogen-bond acceptors (Lipinski definition) is 5. The minimum atomic E-state index is -0.529. The number of Topliss-reactive ketones (excluding diaryl/α,β-unsaturated/α-hetero) is 1. The van der Waals surface area contributed by atoms with Crippen LogP contribution in [0.25, 0.3) is 21.3 Å². The van der Waals surface area contributed by atoms with E-state index >= 15 is 0 Å². The molecule has 0 aliphatic heterocycles. The number of amides is 2. The van der Waals surface area contributed by atoms with E-state index in [9.17, 15) is 14.4 Å². The number of ketones is 1. The minimum absolute atomic E-state index is 0.00365. The Kier molecular flexibility index (Phi) is 5.93. The van der Waals surface area contributed by atoms with Gasteiger partial charge in [0.1, 0.15) is 5.01 Å². The highest BCUT2D eigenvalue weighted by Gasteiger charge is 2.12. The fourth-order valence-electron chi connectivity index (χ4n) is 2.61. The van der Waals surface area contributed by atoms with Crippen molar-refractivity contribution in [2.45, 2.75) is 19.3 Å². The van der Waals surface area contributed by atoms with E-state index in [1.54, 1.807) is 0 Å². The molecule has 27 heavy (non-hydrogen) atoms. The minimum Gasteiger partial charge on any atom is -0.370 e. The molecule has 138 valence electrons. The molecule has 1 heterocycles. The van der Waals surface area contributed by atoms with Crippen LogP contribution in [-0.2, 0) is 20.8 Å². The fourth-order valence-corrected chi connectivity index (χ4v) is 3.61. The first-order chi connectivity index (χ1) is 13.0. The highest BCUT2D eigenvalue weighted by molar-refractivity contribution is 7.18. The molecule has 0 unspecified atom stereocenters. The number of nitrogens with two attached hydrogens (primary N) is 1. The Bertz CT molecular complexity index is 983. The number of nitrogens with zero attached hydrogens (tertiary/aromatic N) is 1. The molecule has 0 aliphatic rings. The van der Waals surface area contributed by atoms with Crippen molar-refractivity contribution in [3.05, 3.63) is 53.5 Å². The molecule has 0 aliphatic carbocycles. The summed E-state index contributed by atoms with van der Waals surface area (Å²) in [5.74, 6) is -1.03. The maximum atomic E-state index is 12.0. The van der Waals surface area contributed by atoms with E-state index in [-0.39, 0.29) is 37.5 Å². The highest BCUT2D eigenvalue weighted by Crippen LogP contribution is 2.28. The van der Waals surface area contributed by atoms with Crippen molar-refractivity contribution in [3.8, 4) is 11.1 Å². The lowest BCUT2D eigenvalue weighted by Crippen LogP contribution is -2.31. The van der Waals surface area contributed by atoms with Crippen molar-refractivity contribution in [2.75, 3.05) is 6.54 Å². The van der Waals surface area contributed by atoms with Gasteiger partial charge in [-0.2, -0.15) is 0 Å². The molecular weight excluding hydrogens is 362 g/mol. The molecule has 3 rings (SSSR count). The summed E-state index contributed by atoms with van der Waals surface area (Å²) >= 11 is 1.46. The molecular formula is C20H19N3O3S. The third-order valence-corrected chi connectivity index (χ3v) is 5.00. The second-order valence-corrected chi connectivity index (χ2v) is 7.23. The molecule has 1 aromatic heterocycles. The first-order valence-corrected chi connectivity index (χ1v) is 9.34. The summed E-state index contributed by atoms with van der Waals surface area (Å²) in [7, 11) is 0. The van der Waals surface area contributed by atoms with Gasteiger partial charge in [-0.3, -0.25) is 14.4 Å². The second-order valence-electron chi connectivity index (χ2n) is 6.11. The van der Waals surface area contributed by atoms with Gasteiger partial charge in [0.25, 0.3) is 0 Å². The number of rotatable bonds is 8. The Hall–Kier alpha value is -3.06. The molecule has 6 nitrogen and oxygen atoms in total. The lowest BCUT2D eigenvalue weighted by molar-refractivity contribution is -0.125. The number of aromatic nitrogens is 1. The molecule has 3 aromatic rings. The molecule has 0 spiro atoms. The number of carbonyl (C=O) groups is 3. The molecule has 0 saturated heterocycles. The molecule has 3 N–H and O–H groups in total. The summed E-state index contributed by atoms with van der Waals surface area (Å²) in [5, 5.41) is 3.25. The van der Waals surface area contributed by atoms with E-state index in [1.807, 2.05) is 42.5 Å². The molecule has 2 aromatic carbocycles. The maximum absolute atomic E-state index is 12.0. The van der Waals surface area contributed by atoms with Crippen LogP contribution in [-0.4, -0.2) is 29.1 Å². The topological polar surface area (TPSA) is 102 Å². The van der Waals surface area contributed by atoms with Crippen LogP contribution >= 0.6 is 11.3 Å². The van der Waals surface area contributed by atoms with E-state index in [4.69, 9.17) is 5.73 Å². The lowest BCUT2D eigenvalue weighted by atomic mass is 10.1. The molecule has 7 heteroatoms. The molecule has 0 atom stereocenters. The van der Waals surface area contributed by atoms with Gasteiger partial charge < -0.3 is 11.1 Å². The van der Waals surface area contributed by atoms with Gasteiger partial charge >= 0.3 is 0 Å². The van der Waals surface area contributed by atoms with Gasteiger partial charge in [-0.15, -0.1) is 11.3 Å². The number of nitrogens with one attached hydrogen (secondary N) is 1. The van der Waals surface area contributed by atoms with Crippen LogP contribution in [0, 0.1) is 0 Å². The number of hydrogen-bond donors (Lipinski definition) is 2. The van der Waals surface area contributed by atoms with Gasteiger partial charge in [0.15, 0.2) is 5.78 Å². The van der Waals surface area contributed by atoms with E-state index < -0.39 is 5.91 Å². The Morgan fingerprint density at radius 3 is 2.52 bits per heavy atom. The van der Waals surface area contributed by atoms with Gasteiger partial charge in [0.2, 0.25) is 11.8 Å². The molecule has 0 radical (unpaired) electrons. The van der Waals surface area contributed by atoms with Gasteiger partial charge in [-0.1, -0.05) is 36.4 Å². The van der Waals surface area contributed by atoms with Crippen LogP contribution in [0.4, 0.5) is 0 Å². The predicted octanol–water partition coefficient (Wildman–Crippen LogP) is 2.46. The summed E-state index contributed by atoms with van der Waals surface area (Å²) < 4.78 is 1.01. The third-order valence-electron chi connectivity index (χ3n) is 3.98. The van der Waals surface area contributed by atoms with Crippen LogP contribution in [0.5, 0.6) is 0 Å². The average molecular weight is 381 g/mol. The van der Waals surface area contributed by atoms with Gasteiger partial charge in [-0.05, 0) is 23.3 Å². The first kappa shape index (κ1) is 18.7. The van der Waals surface area contributed by atoms with Gasteiger partial charge in [-0.25, -0.2) is 4.98 Å². The van der Waals surface area contributed by atoms with Crippen molar-refractivity contribution < 1.29 is 14.4 Å². The van der Waals surface area contributed by atoms with Crippen LogP contribution in [0.15, 0.2) is 48.5 Å². The third kappa shape index (κ3) is 5.21. The second kappa shape index (κ2) is 8.55. The van der Waals surface area contributed by atoms with Crippen molar-refractivity contribution in [3.63, 3.8) is 0 Å². The van der Waals surface area contributed by atoms with E-state index in [2.05, 4.69) is 16.4 Å². The molecule has 0 fully saturated rings. The zero-order valence-electron chi connectivity index (χ0n) is 14.6. The lowest BCUT2D eigenvalue weighted by Gasteiger charge is -2.02. The summed E-state index contributed by atoms with van der Waals surface area (Å²) in [6, 6.07) is 16.1. The quantitative estimate of drug-likeness (QED) is 0.626. The average Bonchev–Trinajstić information content (AvgIpc) is 3.06. The Morgan fingerprint density at radius 2 is 1.78 bits per heavy atom. The van der Waals surface area contributed by atoms with Crippen molar-refractivity contribution in [2.24, 2.45) is 5.73 Å². The molecule has 0 bridgehead atoms. The van der Waals surface area contributed by atoms with Gasteiger partial charge in [0, 0.05) is 12.8 Å². The Balaban J connectivity index is 1.61. The zero-order valence-corrected chi connectivity index (χ0v) is 15.4. The van der Waals surface area contributed by atoms with Crippen molar-refractivity contribution >= 4 is 39.2 Å². The van der Waals surface area contributed by atoms with E-state index in [0.29, 0.717) is 5.01 Å². The summed E-state index contributed by atoms with van der Waals surface area (Å²) in [4.78, 5) is 38.8. The largest absolute Gasteiger partial charge is 0.370 e. The van der Waals surface area contributed by atoms with Gasteiger partial charge in [0.05, 0.1) is 23.2 Å². The van der Waals surface area contributed by atoms with E-state index in [1.165, 1.54) is 11.3 Å². The SMILES string of the molecule is NC(=O)CCC(=O)CNC(=O)Cc1nc2ccc(-c3ccccc3)cc2s1. The highest BCUT2D eigenvalue weighted by atomic mass is 32.1. The first-order valence-electron chi connectivity index (χ1n) is 8.53. The number of fused-ring (bicyclic) bond motifs is 1. The zero-order chi connectivity index (χ0) is 19.2. The maximum Gasteiger partial charge on any atom is 0.227 e. The predicted molar refractivity (Wildman–Crippen MR) is 105 cm³/mol. The summed E-state index contributed by atoms with van der Waals surface area (Å²) in [5.41, 5.74) is 8.07. The van der Waals surface area contributed by atoms with Crippen molar-refractivity contribution in [1.29, 1.82) is 0 Å². The normalized spacial score (nSPS) is 10.7. The Morgan fingerprint density at radius 1 is 1.00 bits per heavy atom. The van der Waals surface area contributed by atoms with Crippen LogP contribution in [0.3, 0.4) is 0 Å². The standard InChI is InChI=1S/C20H19N3O3S/c21-18(25)9-7-15(24)12-22-19(26)11-20-23-16-8-6-14(10-17(16)27-20)13-4-2-1-3-5-13/h1-6,8,10H,7,9,11-12H2,(H2,21,25)(H,22,26). The van der Waals surface area contributed by atoms with Crippen LogP contribution in [0.2, 0.25) is 0 Å². The molecule has 0 saturated carbocycles. The number of thiazole rings is 1. The monoisotopic (exact) mass is 381 g/mol. The summed E-state index contributed by atoms with van der Waals surface area (Å²) in [6.07, 6.45) is 0.151. The molecule has 2 amide bonds. The number of benzene rings is 2. The number of primary amides is 1. The summed E-state index contributed by atoms with van der Waals surface area (Å²) in [6.45, 7) is -0.102. The van der Waals surface area contributed by atoms with Crippen LogP contribution < -0.4 is 11.1 Å².